The van der Waals surface area contributed by atoms with Crippen LogP contribution in [0.15, 0.2) is 59.0 Å². The fraction of sp³-hybridized carbons (Fsp3) is 0.217. The van der Waals surface area contributed by atoms with Crippen LogP contribution >= 0.6 is 23.1 Å². The van der Waals surface area contributed by atoms with Gasteiger partial charge in [-0.05, 0) is 25.0 Å². The van der Waals surface area contributed by atoms with Gasteiger partial charge in [0.05, 0.1) is 16.8 Å². The molecule has 3 aromatic heterocycles. The van der Waals surface area contributed by atoms with Crippen LogP contribution in [0, 0.1) is 13.8 Å². The predicted octanol–water partition coefficient (Wildman–Crippen LogP) is 4.39. The molecule has 9 heteroatoms. The van der Waals surface area contributed by atoms with E-state index in [4.69, 9.17) is 4.98 Å². The van der Waals surface area contributed by atoms with Crippen LogP contribution in [0.3, 0.4) is 0 Å². The monoisotopic (exact) mass is 465 g/mol. The van der Waals surface area contributed by atoms with Crippen molar-refractivity contribution in [2.24, 2.45) is 7.05 Å². The Morgan fingerprint density at radius 2 is 2.03 bits per heavy atom. The zero-order chi connectivity index (χ0) is 22.8. The van der Waals surface area contributed by atoms with Gasteiger partial charge in [0.25, 0.3) is 5.56 Å². The van der Waals surface area contributed by atoms with Crippen molar-refractivity contribution >= 4 is 45.0 Å². The molecule has 1 aromatic carbocycles. The number of aromatic nitrogens is 4. The van der Waals surface area contributed by atoms with Crippen LogP contribution in [-0.4, -0.2) is 31.0 Å². The largest absolute Gasteiger partial charge is 0.310 e. The molecule has 0 fully saturated rings. The van der Waals surface area contributed by atoms with Crippen molar-refractivity contribution in [2.45, 2.75) is 25.5 Å². The maximum absolute atomic E-state index is 13.3. The van der Waals surface area contributed by atoms with Gasteiger partial charge in [-0.25, -0.2) is 4.98 Å². The summed E-state index contributed by atoms with van der Waals surface area (Å²) >= 11 is 2.73. The zero-order valence-corrected chi connectivity index (χ0v) is 19.7. The summed E-state index contributed by atoms with van der Waals surface area (Å²) in [5.41, 5.74) is 2.69. The topological polar surface area (TPSA) is 81.8 Å². The second kappa shape index (κ2) is 9.13. The van der Waals surface area contributed by atoms with E-state index in [1.54, 1.807) is 28.4 Å². The maximum atomic E-state index is 13.3. The van der Waals surface area contributed by atoms with Crippen LogP contribution in [0.5, 0.6) is 0 Å². The molecule has 4 rings (SSSR count). The van der Waals surface area contributed by atoms with Gasteiger partial charge in [0.15, 0.2) is 5.16 Å². The first kappa shape index (κ1) is 22.0. The molecule has 7 nitrogen and oxygen atoms in total. The Bertz CT molecular complexity index is 1370. The molecule has 0 radical (unpaired) electrons. The zero-order valence-electron chi connectivity index (χ0n) is 18.1. The summed E-state index contributed by atoms with van der Waals surface area (Å²) in [5.74, 6) is 0.557. The van der Waals surface area contributed by atoms with Crippen LogP contribution in [0.1, 0.15) is 11.3 Å². The van der Waals surface area contributed by atoms with Gasteiger partial charge in [0.1, 0.15) is 10.6 Å². The van der Waals surface area contributed by atoms with Crippen LogP contribution in [-0.2, 0) is 18.4 Å². The molecule has 0 saturated heterocycles. The first-order valence-corrected chi connectivity index (χ1v) is 11.8. The van der Waals surface area contributed by atoms with E-state index in [9.17, 15) is 9.59 Å². The van der Waals surface area contributed by atoms with Gasteiger partial charge >= 0.3 is 0 Å². The highest BCUT2D eigenvalue weighted by atomic mass is 32.2. The number of rotatable bonds is 7. The van der Waals surface area contributed by atoms with E-state index < -0.39 is 0 Å². The van der Waals surface area contributed by atoms with Crippen molar-refractivity contribution in [1.82, 2.24) is 19.3 Å². The molecule has 32 heavy (non-hydrogen) atoms. The number of hydrogen-bond acceptors (Lipinski definition) is 6. The van der Waals surface area contributed by atoms with E-state index in [-0.39, 0.29) is 17.2 Å². The van der Waals surface area contributed by atoms with Crippen LogP contribution in [0.2, 0.25) is 0 Å². The summed E-state index contributed by atoms with van der Waals surface area (Å²) < 4.78 is 3.20. The third kappa shape index (κ3) is 4.26. The van der Waals surface area contributed by atoms with Crippen molar-refractivity contribution < 1.29 is 4.79 Å². The number of carbonyl (C=O) groups is 1. The molecule has 0 saturated carbocycles. The van der Waals surface area contributed by atoms with Gasteiger partial charge in [-0.15, -0.1) is 17.9 Å². The summed E-state index contributed by atoms with van der Waals surface area (Å²) in [6.07, 6.45) is 1.66. The molecule has 3 heterocycles. The van der Waals surface area contributed by atoms with Crippen molar-refractivity contribution in [3.05, 3.63) is 70.7 Å². The molecule has 164 valence electrons. The smallest absolute Gasteiger partial charge is 0.263 e. The Balaban J connectivity index is 1.67. The minimum Gasteiger partial charge on any atom is -0.310 e. The van der Waals surface area contributed by atoms with Crippen LogP contribution < -0.4 is 10.9 Å². The van der Waals surface area contributed by atoms with Gasteiger partial charge in [0, 0.05) is 24.5 Å². The molecule has 1 N–H and O–H groups in total. The Kier molecular flexibility index (Phi) is 6.29. The number of anilines is 1. The highest BCUT2D eigenvalue weighted by Gasteiger charge is 2.19. The minimum atomic E-state index is -0.190. The summed E-state index contributed by atoms with van der Waals surface area (Å²) in [7, 11) is 1.77. The number of amides is 1. The van der Waals surface area contributed by atoms with Gasteiger partial charge < -0.3 is 5.32 Å². The molecule has 0 atom stereocenters. The van der Waals surface area contributed by atoms with Gasteiger partial charge in [-0.3, -0.25) is 18.8 Å². The van der Waals surface area contributed by atoms with E-state index in [1.165, 1.54) is 23.1 Å². The molecular weight excluding hydrogens is 442 g/mol. The molecule has 0 aliphatic heterocycles. The number of nitrogens with one attached hydrogen (secondary N) is 1. The Morgan fingerprint density at radius 3 is 2.69 bits per heavy atom. The lowest BCUT2D eigenvalue weighted by atomic mass is 10.1. The fourth-order valence-corrected chi connectivity index (χ4v) is 5.54. The minimum absolute atomic E-state index is 0.115. The standard InChI is InChI=1S/C23H23N5O2S2/c1-5-11-28-22(30)19-15(3)20(16-9-7-6-8-10-16)32-21(19)25-23(28)31-13-18(29)24-17-12-14(2)26-27(17)4/h5-10,12H,1,11,13H2,2-4H3,(H,24,29). The van der Waals surface area contributed by atoms with E-state index in [1.807, 2.05) is 44.2 Å². The summed E-state index contributed by atoms with van der Waals surface area (Å²) in [4.78, 5) is 32.3. The lowest BCUT2D eigenvalue weighted by Crippen LogP contribution is -2.24. The van der Waals surface area contributed by atoms with E-state index in [2.05, 4.69) is 17.0 Å². The average molecular weight is 466 g/mol. The SMILES string of the molecule is C=CCn1c(SCC(=O)Nc2cc(C)nn2C)nc2sc(-c3ccccc3)c(C)c2c1=O. The number of allylic oxidation sites excluding steroid dienone is 1. The number of fused-ring (bicyclic) bond motifs is 1. The normalized spacial score (nSPS) is 11.1. The quantitative estimate of drug-likeness (QED) is 0.249. The highest BCUT2D eigenvalue weighted by Crippen LogP contribution is 2.36. The number of benzene rings is 1. The molecule has 0 unspecified atom stereocenters. The molecule has 0 aliphatic rings. The second-order valence-electron chi connectivity index (χ2n) is 7.33. The molecular formula is C23H23N5O2S2. The number of thiophene rings is 1. The van der Waals surface area contributed by atoms with E-state index in [0.29, 0.717) is 27.7 Å². The first-order valence-electron chi connectivity index (χ1n) is 10.0. The lowest BCUT2D eigenvalue weighted by molar-refractivity contribution is -0.113. The summed E-state index contributed by atoms with van der Waals surface area (Å²) in [5, 5.41) is 8.20. The van der Waals surface area contributed by atoms with Gasteiger partial charge in [0.2, 0.25) is 5.91 Å². The van der Waals surface area contributed by atoms with Crippen molar-refractivity contribution in [3.63, 3.8) is 0 Å². The number of hydrogen-bond donors (Lipinski definition) is 1. The third-order valence-electron chi connectivity index (χ3n) is 4.96. The fourth-order valence-electron chi connectivity index (χ4n) is 3.50. The van der Waals surface area contributed by atoms with E-state index >= 15 is 0 Å². The Labute approximate surface area is 193 Å². The van der Waals surface area contributed by atoms with E-state index in [0.717, 1.165) is 21.7 Å². The molecule has 1 amide bonds. The van der Waals surface area contributed by atoms with Crippen molar-refractivity contribution in [3.8, 4) is 10.4 Å². The maximum Gasteiger partial charge on any atom is 0.263 e. The molecule has 0 aliphatic carbocycles. The first-order chi connectivity index (χ1) is 15.4. The van der Waals surface area contributed by atoms with Gasteiger partial charge in [-0.2, -0.15) is 5.10 Å². The second-order valence-corrected chi connectivity index (χ2v) is 9.27. The van der Waals surface area contributed by atoms with Crippen LogP contribution in [0.25, 0.3) is 20.7 Å². The predicted molar refractivity (Wildman–Crippen MR) is 132 cm³/mol. The van der Waals surface area contributed by atoms with Crippen LogP contribution in [0.4, 0.5) is 5.82 Å². The number of carbonyl (C=O) groups excluding carboxylic acids is 1. The van der Waals surface area contributed by atoms with Crippen molar-refractivity contribution in [2.75, 3.05) is 11.1 Å². The molecule has 0 spiro atoms. The molecule has 0 bridgehead atoms. The summed E-state index contributed by atoms with van der Waals surface area (Å²) in [6.45, 7) is 7.92. The highest BCUT2D eigenvalue weighted by molar-refractivity contribution is 7.99. The average Bonchev–Trinajstić information content (AvgIpc) is 3.27. The molecule has 4 aromatic rings. The van der Waals surface area contributed by atoms with Gasteiger partial charge in [-0.1, -0.05) is 48.2 Å². The number of aryl methyl sites for hydroxylation is 3. The summed E-state index contributed by atoms with van der Waals surface area (Å²) in [6, 6.07) is 11.8. The number of thioether (sulfide) groups is 1. The lowest BCUT2D eigenvalue weighted by Gasteiger charge is -2.10. The van der Waals surface area contributed by atoms with Crippen molar-refractivity contribution in [1.29, 1.82) is 0 Å². The Hall–Kier alpha value is -3.17. The third-order valence-corrected chi connectivity index (χ3v) is 7.18. The number of nitrogens with zero attached hydrogens (tertiary/aromatic N) is 4. The Morgan fingerprint density at radius 1 is 1.28 bits per heavy atom.